The van der Waals surface area contributed by atoms with Crippen LogP contribution in [-0.4, -0.2) is 46.8 Å². The molecule has 0 aromatic carbocycles. The van der Waals surface area contributed by atoms with Crippen LogP contribution in [0.25, 0.3) is 17.5 Å². The van der Waals surface area contributed by atoms with Gasteiger partial charge in [0.15, 0.2) is 10.4 Å². The molecule has 102 valence electrons. The maximum absolute atomic E-state index is 4.40. The lowest BCUT2D eigenvalue weighted by atomic mass is 10.4. The molecule has 1 N–H and O–H groups in total. The summed E-state index contributed by atoms with van der Waals surface area (Å²) in [5.41, 5.74) is 0.664. The Morgan fingerprint density at radius 3 is 2.70 bits per heavy atom. The maximum atomic E-state index is 4.40. The van der Waals surface area contributed by atoms with Crippen LogP contribution in [0.15, 0.2) is 23.1 Å². The molecule has 0 fully saturated rings. The first-order valence-corrected chi connectivity index (χ1v) is 6.47. The van der Waals surface area contributed by atoms with E-state index < -0.39 is 0 Å². The van der Waals surface area contributed by atoms with E-state index in [4.69, 9.17) is 0 Å². The molecule has 0 bridgehead atoms. The Balaban J connectivity index is 2.19. The van der Waals surface area contributed by atoms with Crippen LogP contribution in [0.4, 0.5) is 5.95 Å². The van der Waals surface area contributed by atoms with Crippen molar-refractivity contribution in [2.24, 2.45) is 7.05 Å². The molecule has 3 aromatic heterocycles. The van der Waals surface area contributed by atoms with Crippen LogP contribution in [0.2, 0.25) is 0 Å². The molecule has 3 rings (SSSR count). The van der Waals surface area contributed by atoms with Gasteiger partial charge in [-0.15, -0.1) is 5.10 Å². The van der Waals surface area contributed by atoms with Gasteiger partial charge in [0.25, 0.3) is 5.95 Å². The van der Waals surface area contributed by atoms with E-state index in [9.17, 15) is 0 Å². The molecule has 3 heterocycles. The molecule has 10 heteroatoms. The molecule has 0 aliphatic rings. The lowest BCUT2D eigenvalue weighted by molar-refractivity contribution is 0.714. The number of anilines is 1. The summed E-state index contributed by atoms with van der Waals surface area (Å²) in [4.78, 5) is 13.0. The second-order valence-electron chi connectivity index (χ2n) is 3.84. The number of hydrogen-bond acceptors (Lipinski definition) is 7. The third-order valence-corrected chi connectivity index (χ3v) is 3.09. The Hall–Kier alpha value is -2.36. The van der Waals surface area contributed by atoms with Gasteiger partial charge in [-0.05, 0) is 22.0 Å². The fourth-order valence-electron chi connectivity index (χ4n) is 1.64. The number of rotatable bonds is 3. The van der Waals surface area contributed by atoms with Crippen molar-refractivity contribution in [3.63, 3.8) is 0 Å². The summed E-state index contributed by atoms with van der Waals surface area (Å²) in [5, 5.41) is 14.9. The molecule has 0 aliphatic heterocycles. The number of hydrogen-bond donors (Lipinski definition) is 1. The zero-order chi connectivity index (χ0) is 14.1. The lowest BCUT2D eigenvalue weighted by Crippen LogP contribution is -2.09. The summed E-state index contributed by atoms with van der Waals surface area (Å²) >= 11 is 3.34. The van der Waals surface area contributed by atoms with Gasteiger partial charge in [0.2, 0.25) is 5.95 Å². The standard InChI is InChI=1S/C10H10BrN9/c1-12-9-14-8(6-7(11)17-18-19(6)2)15-10(16-9)20-5-3-4-13-20/h3-5H,1-2H3,(H,12,14,15,16). The van der Waals surface area contributed by atoms with Crippen LogP contribution in [0.3, 0.4) is 0 Å². The topological polar surface area (TPSA) is 99.2 Å². The molecule has 9 nitrogen and oxygen atoms in total. The van der Waals surface area contributed by atoms with Crippen LogP contribution >= 0.6 is 15.9 Å². The van der Waals surface area contributed by atoms with Gasteiger partial charge in [0.05, 0.1) is 0 Å². The third-order valence-electron chi connectivity index (χ3n) is 2.55. The molecule has 0 radical (unpaired) electrons. The molecule has 0 unspecified atom stereocenters. The van der Waals surface area contributed by atoms with Crippen molar-refractivity contribution >= 4 is 21.9 Å². The Kier molecular flexibility index (Phi) is 3.14. The van der Waals surface area contributed by atoms with E-state index in [0.29, 0.717) is 28.0 Å². The van der Waals surface area contributed by atoms with E-state index in [1.165, 1.54) is 0 Å². The number of nitrogens with one attached hydrogen (secondary N) is 1. The quantitative estimate of drug-likeness (QED) is 0.750. The Morgan fingerprint density at radius 1 is 1.25 bits per heavy atom. The monoisotopic (exact) mass is 335 g/mol. The number of aromatic nitrogens is 8. The van der Waals surface area contributed by atoms with Crippen molar-refractivity contribution in [1.29, 1.82) is 0 Å². The summed E-state index contributed by atoms with van der Waals surface area (Å²) in [6, 6.07) is 1.80. The van der Waals surface area contributed by atoms with E-state index in [1.807, 2.05) is 0 Å². The van der Waals surface area contributed by atoms with Gasteiger partial charge >= 0.3 is 0 Å². The van der Waals surface area contributed by atoms with Crippen LogP contribution in [0.5, 0.6) is 0 Å². The Morgan fingerprint density at radius 2 is 2.10 bits per heavy atom. The fourth-order valence-corrected chi connectivity index (χ4v) is 2.15. The average molecular weight is 336 g/mol. The minimum absolute atomic E-state index is 0.414. The highest BCUT2D eigenvalue weighted by Crippen LogP contribution is 2.23. The molecule has 0 atom stereocenters. The summed E-state index contributed by atoms with van der Waals surface area (Å²) in [5.74, 6) is 1.31. The van der Waals surface area contributed by atoms with Gasteiger partial charge in [-0.3, -0.25) is 0 Å². The number of aryl methyl sites for hydroxylation is 1. The largest absolute Gasteiger partial charge is 0.357 e. The molecule has 3 aromatic rings. The highest BCUT2D eigenvalue weighted by atomic mass is 79.9. The zero-order valence-electron chi connectivity index (χ0n) is 10.7. The van der Waals surface area contributed by atoms with Gasteiger partial charge in [-0.25, -0.2) is 9.36 Å². The van der Waals surface area contributed by atoms with Crippen molar-refractivity contribution in [2.75, 3.05) is 12.4 Å². The fraction of sp³-hybridized carbons (Fsp3) is 0.200. The Labute approximate surface area is 122 Å². The molecule has 0 saturated carbocycles. The second-order valence-corrected chi connectivity index (χ2v) is 4.59. The van der Waals surface area contributed by atoms with Crippen molar-refractivity contribution in [3.05, 3.63) is 23.1 Å². The highest BCUT2D eigenvalue weighted by molar-refractivity contribution is 9.10. The molecule has 0 saturated heterocycles. The summed E-state index contributed by atoms with van der Waals surface area (Å²) in [6.45, 7) is 0. The molecule has 0 spiro atoms. The SMILES string of the molecule is CNc1nc(-c2c(Br)nnn2C)nc(-n2cccn2)n1. The minimum Gasteiger partial charge on any atom is -0.357 e. The van der Waals surface area contributed by atoms with Crippen LogP contribution < -0.4 is 5.32 Å². The minimum atomic E-state index is 0.414. The number of nitrogens with zero attached hydrogens (tertiary/aromatic N) is 8. The molecule has 20 heavy (non-hydrogen) atoms. The van der Waals surface area contributed by atoms with Crippen molar-refractivity contribution < 1.29 is 0 Å². The molecular weight excluding hydrogens is 326 g/mol. The van der Waals surface area contributed by atoms with Crippen LogP contribution in [0.1, 0.15) is 0 Å². The average Bonchev–Trinajstić information content (AvgIpc) is 3.09. The second kappa shape index (κ2) is 4.96. The first-order valence-electron chi connectivity index (χ1n) is 5.68. The van der Waals surface area contributed by atoms with Gasteiger partial charge < -0.3 is 5.32 Å². The summed E-state index contributed by atoms with van der Waals surface area (Å²) in [6.07, 6.45) is 3.42. The Bertz CT molecular complexity index is 714. The van der Waals surface area contributed by atoms with E-state index in [1.54, 1.807) is 41.9 Å². The van der Waals surface area contributed by atoms with Gasteiger partial charge in [-0.1, -0.05) is 5.21 Å². The molecular formula is C10H10BrN9. The van der Waals surface area contributed by atoms with Crippen molar-refractivity contribution in [1.82, 2.24) is 39.7 Å². The predicted molar refractivity (Wildman–Crippen MR) is 74.2 cm³/mol. The normalized spacial score (nSPS) is 10.8. The smallest absolute Gasteiger partial charge is 0.255 e. The van der Waals surface area contributed by atoms with Crippen LogP contribution in [-0.2, 0) is 7.05 Å². The summed E-state index contributed by atoms with van der Waals surface area (Å²) < 4.78 is 3.72. The van der Waals surface area contributed by atoms with E-state index in [0.717, 1.165) is 0 Å². The van der Waals surface area contributed by atoms with Gasteiger partial charge in [-0.2, -0.15) is 20.1 Å². The lowest BCUT2D eigenvalue weighted by Gasteiger charge is -2.06. The summed E-state index contributed by atoms with van der Waals surface area (Å²) in [7, 11) is 3.51. The van der Waals surface area contributed by atoms with E-state index in [-0.39, 0.29) is 0 Å². The van der Waals surface area contributed by atoms with Crippen molar-refractivity contribution in [2.45, 2.75) is 0 Å². The van der Waals surface area contributed by atoms with E-state index >= 15 is 0 Å². The first kappa shape index (κ1) is 12.7. The third kappa shape index (κ3) is 2.13. The first-order chi connectivity index (χ1) is 9.69. The van der Waals surface area contributed by atoms with Crippen LogP contribution in [0, 0.1) is 0 Å². The van der Waals surface area contributed by atoms with Gasteiger partial charge in [0.1, 0.15) is 5.69 Å². The number of halogens is 1. The predicted octanol–water partition coefficient (Wildman–Crippen LogP) is 0.657. The van der Waals surface area contributed by atoms with Crippen molar-refractivity contribution in [3.8, 4) is 17.5 Å². The highest BCUT2D eigenvalue weighted by Gasteiger charge is 2.17. The molecule has 0 amide bonds. The van der Waals surface area contributed by atoms with E-state index in [2.05, 4.69) is 51.6 Å². The molecule has 0 aliphatic carbocycles. The van der Waals surface area contributed by atoms with Gasteiger partial charge in [0, 0.05) is 26.5 Å². The maximum Gasteiger partial charge on any atom is 0.255 e. The zero-order valence-corrected chi connectivity index (χ0v) is 12.3.